The number of rotatable bonds is 4. The lowest BCUT2D eigenvalue weighted by atomic mass is 9.33. The van der Waals surface area contributed by atoms with Crippen LogP contribution in [0.15, 0.2) is 46.6 Å². The van der Waals surface area contributed by atoms with E-state index in [1.54, 1.807) is 36.5 Å². The minimum atomic E-state index is -0.400. The molecule has 2 spiro atoms. The van der Waals surface area contributed by atoms with Gasteiger partial charge in [-0.15, -0.1) is 0 Å². The largest absolute Gasteiger partial charge is 0.469 e. The van der Waals surface area contributed by atoms with E-state index in [0.717, 1.165) is 148 Å². The van der Waals surface area contributed by atoms with Gasteiger partial charge in [0, 0.05) is 71.4 Å². The van der Waals surface area contributed by atoms with Crippen molar-refractivity contribution in [2.75, 3.05) is 53.9 Å². The molecule has 20 aliphatic carbocycles. The molecule has 2 aliphatic heterocycles. The van der Waals surface area contributed by atoms with Crippen molar-refractivity contribution in [2.24, 2.45) is 201 Å². The first-order valence-corrected chi connectivity index (χ1v) is 57.8. The number of aliphatic hydroxyl groups excluding tert-OH is 2. The highest BCUT2D eigenvalue weighted by atomic mass is 16.7. The van der Waals surface area contributed by atoms with Crippen molar-refractivity contribution < 1.29 is 57.8 Å². The predicted octanol–water partition coefficient (Wildman–Crippen LogP) is 31.4. The van der Waals surface area contributed by atoms with Gasteiger partial charge < -0.3 is 38.6 Å². The van der Waals surface area contributed by atoms with Crippen LogP contribution in [0.1, 0.15) is 466 Å². The maximum Gasteiger partial charge on any atom is 0.312 e. The average molecular weight is 1940 g/mol. The number of fused-ring (bicyclic) bond motifs is 28. The molecule has 0 radical (unpaired) electrons. The highest BCUT2D eigenvalue weighted by Gasteiger charge is 2.78. The second-order valence-electron chi connectivity index (χ2n) is 61.8. The lowest BCUT2D eigenvalue weighted by Gasteiger charge is -2.72. The van der Waals surface area contributed by atoms with E-state index in [2.05, 4.69) is 218 Å². The number of methoxy groups -OCH3 is 2. The van der Waals surface area contributed by atoms with Crippen molar-refractivity contribution >= 4 is 23.5 Å². The summed E-state index contributed by atoms with van der Waals surface area (Å²) in [6, 6.07) is 0. The highest BCUT2D eigenvalue weighted by molar-refractivity contribution is 5.86. The summed E-state index contributed by atoms with van der Waals surface area (Å²) in [6.45, 7) is 73.2. The van der Waals surface area contributed by atoms with Crippen molar-refractivity contribution in [1.82, 2.24) is 0 Å². The Kier molecular flexibility index (Phi) is 26.5. The molecule has 28 atom stereocenters. The first-order valence-electron chi connectivity index (χ1n) is 57.8. The zero-order chi connectivity index (χ0) is 100. The van der Waals surface area contributed by atoms with Crippen molar-refractivity contribution in [3.05, 3.63) is 46.6 Å². The molecule has 12 unspecified atom stereocenters. The van der Waals surface area contributed by atoms with Crippen molar-refractivity contribution in [2.45, 2.75) is 477 Å². The molecule has 12 heteroatoms. The van der Waals surface area contributed by atoms with E-state index in [9.17, 15) is 29.4 Å². The molecule has 16 saturated carbocycles. The van der Waals surface area contributed by atoms with Gasteiger partial charge in [0.05, 0.1) is 51.5 Å². The Morgan fingerprint density at radius 3 is 0.829 bits per heavy atom. The van der Waals surface area contributed by atoms with E-state index in [1.165, 1.54) is 135 Å². The van der Waals surface area contributed by atoms with E-state index < -0.39 is 5.79 Å². The number of hydrogen-bond acceptors (Lipinski definition) is 12. The summed E-state index contributed by atoms with van der Waals surface area (Å²) in [5, 5.41) is 21.4. The molecule has 0 bridgehead atoms. The molecule has 12 nitrogen and oxygen atoms in total. The van der Waals surface area contributed by atoms with Gasteiger partial charge in [-0.2, -0.15) is 0 Å². The maximum atomic E-state index is 13.4. The number of allylic oxidation sites excluding steroid dienone is 8. The van der Waals surface area contributed by atoms with Gasteiger partial charge in [-0.25, -0.2) is 0 Å². The fourth-order valence-corrected chi connectivity index (χ4v) is 44.3. The summed E-state index contributed by atoms with van der Waals surface area (Å²) >= 11 is 0. The smallest absolute Gasteiger partial charge is 0.312 e. The molecule has 18 fully saturated rings. The number of Topliss-reactive ketones (excluding diaryl/α,β-unsaturated/α-hetero) is 2. The molecule has 2 N–H and O–H groups in total. The Morgan fingerprint density at radius 1 is 0.300 bits per heavy atom. The van der Waals surface area contributed by atoms with E-state index in [0.29, 0.717) is 123 Å². The van der Waals surface area contributed by atoms with Gasteiger partial charge in [0.2, 0.25) is 0 Å². The maximum absolute atomic E-state index is 13.4. The summed E-state index contributed by atoms with van der Waals surface area (Å²) < 4.78 is 36.6. The van der Waals surface area contributed by atoms with Gasteiger partial charge >= 0.3 is 11.9 Å². The predicted molar refractivity (Wildman–Crippen MR) is 567 cm³/mol. The topological polar surface area (TPSA) is 164 Å². The van der Waals surface area contributed by atoms with Crippen LogP contribution >= 0.6 is 0 Å². The zero-order valence-electron chi connectivity index (χ0n) is 93.7. The zero-order valence-corrected chi connectivity index (χ0v) is 93.7. The number of ketones is 2. The van der Waals surface area contributed by atoms with Gasteiger partial charge in [-0.05, 0) is 389 Å². The third-order valence-corrected chi connectivity index (χ3v) is 53.9. The second kappa shape index (κ2) is 34.3. The number of esters is 2. The number of carbonyl (C=O) groups excluding carboxylic acids is 4. The number of carbonyl (C=O) groups is 4. The summed E-state index contributed by atoms with van der Waals surface area (Å²) in [5.74, 6) is 6.83. The minimum absolute atomic E-state index is 0. The van der Waals surface area contributed by atoms with Crippen molar-refractivity contribution in [3.63, 3.8) is 0 Å². The van der Waals surface area contributed by atoms with Crippen LogP contribution in [0.5, 0.6) is 0 Å². The third-order valence-electron chi connectivity index (χ3n) is 53.9. The molecule has 0 aromatic carbocycles. The minimum Gasteiger partial charge on any atom is -0.469 e. The van der Waals surface area contributed by atoms with Gasteiger partial charge in [0.1, 0.15) is 11.6 Å². The van der Waals surface area contributed by atoms with Gasteiger partial charge in [0.15, 0.2) is 11.6 Å². The van der Waals surface area contributed by atoms with Crippen LogP contribution in [0.4, 0.5) is 0 Å². The Labute approximate surface area is 854 Å². The SMILES string of the molecule is C.C.CC1(C)CCC2(CO)CC[C@@]3(C)C(=CCC4[C@@]5(C)CCC(=O)C(C)(C)C5CC[C@]43C)[C@@H]2C1.CC1(C)CCC2(CO)CC[C@@]3(C)C(=CCC4[C@@]5(C)CCC6(OCCO6)C(C)(C)C5CC[C@]43C)[C@@H]2C1.COC(=O)C12CCC(C)(C)C[C@H]1C1=CCC3[C@@]4(C)CCC(=O)C(C)(C)C4CC[C@@]3(C)[C@@]1(C)CC2.COC(=O)C12CCC(C)(C)C[C@H]1C1=CCC3[C@@]4(C)CCC5(OCCO5)C(C)(C)C4CC[C@@]3(C)[C@@]1(C)CC2. The van der Waals surface area contributed by atoms with Crippen LogP contribution in [-0.2, 0) is 47.6 Å². The van der Waals surface area contributed by atoms with Gasteiger partial charge in [-0.1, -0.05) is 255 Å². The van der Waals surface area contributed by atoms with Gasteiger partial charge in [-0.3, -0.25) is 19.2 Å². The Hall–Kier alpha value is -3.00. The van der Waals surface area contributed by atoms with Crippen LogP contribution < -0.4 is 0 Å². The quantitative estimate of drug-likeness (QED) is 0.203. The molecule has 0 aromatic heterocycles. The molecule has 0 amide bonds. The Morgan fingerprint density at radius 2 is 0.543 bits per heavy atom. The molecule has 140 heavy (non-hydrogen) atoms. The van der Waals surface area contributed by atoms with Crippen LogP contribution in [0, 0.1) is 201 Å². The molecule has 2 saturated heterocycles. The second-order valence-corrected chi connectivity index (χ2v) is 61.8. The lowest BCUT2D eigenvalue weighted by molar-refractivity contribution is -0.307. The van der Waals surface area contributed by atoms with Crippen LogP contribution in [0.2, 0.25) is 0 Å². The standard InChI is InChI=1S/C33H52O4.C32H52O3.C31H48O3.C30H48O2.2CH4/c1-27(2)13-16-32(26(34)35-8)17-15-30(6)22(23(32)21-27)9-10-25-29(5)14-18-33(36-19-20-37-33)28(3,4)24(29)11-12-31(25,30)7;1-26(2)12-15-31(21-33)16-14-29(6)22(23(31)20-26)8-9-25-28(5)13-17-32(34-18-19-35-32)27(3,4)24(28)10-11-30(25,29)7;1-26(2)15-17-31(25(33)34-8)18-16-29(6)20(21(31)19-26)9-10-23-28(5)13-12-24(32)27(3,4)22(28)11-14-30(23,29)7;1-25(2)14-16-30(19-31)17-15-28(6)20(21(30)18-25)8-9-23-27(5)12-11-24(32)26(3,4)22(27)10-13-29(23,28)7;;/h9,23-25H,10-21H2,1-8H3;8,23-25,33H,9-21H2,1-7H3;9,21-23H,10-19H2,1-8H3;8,21-23,31H,9-19H2,1-7H3;2*1H4/t23-,24?,25?,29-,30-,31+,32?;23-,24?,25?,28-,29-,30+,31?;21-,22?,23?,28-,29-,30+,31?;21-,22?,23?,27-,28-,29+,30?;;/m0000../s1. The molecule has 0 aromatic rings. The third kappa shape index (κ3) is 14.5. The summed E-state index contributed by atoms with van der Waals surface area (Å²) in [6.07, 6.45) is 56.0. The normalized spacial score (nSPS) is 49.6. The molecular formula is C128H208O12. The monoisotopic (exact) mass is 1940 g/mol. The summed E-state index contributed by atoms with van der Waals surface area (Å²) in [5.41, 5.74) is 10.0. The number of ether oxygens (including phenoxy) is 6. The summed E-state index contributed by atoms with van der Waals surface area (Å²) in [7, 11) is 3.19. The van der Waals surface area contributed by atoms with E-state index in [1.807, 2.05) is 0 Å². The molecular weight excluding hydrogens is 1730 g/mol. The first kappa shape index (κ1) is 108. The van der Waals surface area contributed by atoms with E-state index >= 15 is 0 Å². The fourth-order valence-electron chi connectivity index (χ4n) is 44.3. The van der Waals surface area contributed by atoms with Crippen molar-refractivity contribution in [1.29, 1.82) is 0 Å². The van der Waals surface area contributed by atoms with E-state index in [-0.39, 0.29) is 135 Å². The molecule has 22 aliphatic rings. The average Bonchev–Trinajstić information content (AvgIpc) is 1.22. The van der Waals surface area contributed by atoms with E-state index in [4.69, 9.17) is 28.4 Å². The summed E-state index contributed by atoms with van der Waals surface area (Å²) in [4.78, 5) is 52.6. The van der Waals surface area contributed by atoms with Crippen LogP contribution in [0.3, 0.4) is 0 Å². The first-order chi connectivity index (χ1) is 63.9. The lowest BCUT2D eigenvalue weighted by Crippen LogP contribution is -2.67. The van der Waals surface area contributed by atoms with Crippen LogP contribution in [0.25, 0.3) is 0 Å². The molecule has 2 heterocycles. The Bertz CT molecular complexity index is 4910. The molecule has 792 valence electrons. The van der Waals surface area contributed by atoms with Crippen molar-refractivity contribution in [3.8, 4) is 0 Å². The van der Waals surface area contributed by atoms with Crippen LogP contribution in [-0.4, -0.2) is 99.2 Å². The van der Waals surface area contributed by atoms with Gasteiger partial charge in [0.25, 0.3) is 0 Å². The molecule has 22 rings (SSSR count). The fraction of sp³-hybridized carbons (Fsp3) is 0.906. The Balaban J connectivity index is 0.000000128. The highest BCUT2D eigenvalue weighted by Crippen LogP contribution is 2.84. The number of aliphatic hydroxyl groups is 2. The number of hydrogen-bond donors (Lipinski definition) is 2.